The topological polar surface area (TPSA) is 29.5 Å². The molecule has 0 aromatic heterocycles. The molecule has 2 atom stereocenters. The number of benzene rings is 1. The number of aliphatic hydroxyl groups is 1. The van der Waals surface area contributed by atoms with Crippen molar-refractivity contribution in [1.82, 2.24) is 0 Å². The van der Waals surface area contributed by atoms with Crippen molar-refractivity contribution in [2.45, 2.75) is 10.9 Å². The van der Waals surface area contributed by atoms with E-state index in [9.17, 15) is 5.11 Å². The highest BCUT2D eigenvalue weighted by atomic mass is 79.9. The van der Waals surface area contributed by atoms with Gasteiger partial charge in [-0.05, 0) is 28.1 Å². The van der Waals surface area contributed by atoms with Crippen LogP contribution in [-0.4, -0.2) is 16.5 Å². The highest BCUT2D eigenvalue weighted by Crippen LogP contribution is 2.41. The molecular formula is C9H7Br3O2. The summed E-state index contributed by atoms with van der Waals surface area (Å²) in [5.41, 5.74) is 0.805. The van der Waals surface area contributed by atoms with Crippen LogP contribution in [-0.2, 0) is 0 Å². The molecule has 0 saturated heterocycles. The molecule has 2 unspecified atom stereocenters. The summed E-state index contributed by atoms with van der Waals surface area (Å²) >= 11 is 10.1. The minimum atomic E-state index is -0.521. The Morgan fingerprint density at radius 2 is 2.07 bits per heavy atom. The highest BCUT2D eigenvalue weighted by molar-refractivity contribution is 9.11. The Labute approximate surface area is 107 Å². The Morgan fingerprint density at radius 3 is 2.79 bits per heavy atom. The Balaban J connectivity index is 2.54. The van der Waals surface area contributed by atoms with Crippen LogP contribution >= 0.6 is 47.8 Å². The largest absolute Gasteiger partial charge is 0.491 e. The molecule has 0 radical (unpaired) electrons. The molecule has 0 amide bonds. The summed E-state index contributed by atoms with van der Waals surface area (Å²) in [6.45, 7) is 0.481. The van der Waals surface area contributed by atoms with Gasteiger partial charge in [0.15, 0.2) is 0 Å². The zero-order valence-corrected chi connectivity index (χ0v) is 11.8. The summed E-state index contributed by atoms with van der Waals surface area (Å²) in [5.74, 6) is 0.733. The summed E-state index contributed by atoms with van der Waals surface area (Å²) in [5, 5.41) is 9.91. The molecule has 1 N–H and O–H groups in total. The Morgan fingerprint density at radius 1 is 1.36 bits per heavy atom. The van der Waals surface area contributed by atoms with Crippen molar-refractivity contribution in [2.24, 2.45) is 0 Å². The molecule has 1 heterocycles. The van der Waals surface area contributed by atoms with Crippen LogP contribution in [0.3, 0.4) is 0 Å². The first-order valence-corrected chi connectivity index (χ1v) is 6.53. The van der Waals surface area contributed by atoms with E-state index in [1.165, 1.54) is 0 Å². The first-order chi connectivity index (χ1) is 6.59. The zero-order chi connectivity index (χ0) is 10.3. The van der Waals surface area contributed by atoms with Gasteiger partial charge in [0.05, 0.1) is 15.4 Å². The standard InChI is InChI=1S/C9H7Br3O2/c10-4-1-5-8(13)7(12)3-14-9(5)6(11)2-4/h1-2,7-8,13H,3H2. The molecule has 1 aromatic rings. The van der Waals surface area contributed by atoms with Crippen LogP contribution in [0.2, 0.25) is 0 Å². The molecule has 2 rings (SSSR count). The third-order valence-corrected chi connectivity index (χ3v) is 3.90. The number of rotatable bonds is 0. The summed E-state index contributed by atoms with van der Waals surface area (Å²) in [6, 6.07) is 3.78. The molecule has 1 aliphatic rings. The molecule has 14 heavy (non-hydrogen) atoms. The average Bonchev–Trinajstić information content (AvgIpc) is 2.12. The molecule has 0 bridgehead atoms. The maximum absolute atomic E-state index is 9.91. The van der Waals surface area contributed by atoms with E-state index in [0.717, 1.165) is 20.3 Å². The van der Waals surface area contributed by atoms with Gasteiger partial charge in [-0.25, -0.2) is 0 Å². The molecular weight excluding hydrogens is 380 g/mol. The average molecular weight is 387 g/mol. The molecule has 5 heteroatoms. The third kappa shape index (κ3) is 1.87. The van der Waals surface area contributed by atoms with Crippen LogP contribution in [0.1, 0.15) is 11.7 Å². The SMILES string of the molecule is OC1c2cc(Br)cc(Br)c2OCC1Br. The van der Waals surface area contributed by atoms with Crippen LogP contribution in [0.5, 0.6) is 5.75 Å². The van der Waals surface area contributed by atoms with Gasteiger partial charge in [-0.3, -0.25) is 0 Å². The van der Waals surface area contributed by atoms with Gasteiger partial charge in [-0.15, -0.1) is 0 Å². The van der Waals surface area contributed by atoms with Crippen molar-refractivity contribution in [1.29, 1.82) is 0 Å². The van der Waals surface area contributed by atoms with E-state index in [2.05, 4.69) is 47.8 Å². The maximum Gasteiger partial charge on any atom is 0.139 e. The van der Waals surface area contributed by atoms with E-state index in [1.807, 2.05) is 12.1 Å². The van der Waals surface area contributed by atoms with Crippen molar-refractivity contribution in [3.05, 3.63) is 26.6 Å². The molecule has 1 aliphatic heterocycles. The lowest BCUT2D eigenvalue weighted by Crippen LogP contribution is -2.26. The first kappa shape index (κ1) is 10.9. The Hall–Kier alpha value is 0.420. The molecule has 0 saturated carbocycles. The van der Waals surface area contributed by atoms with Crippen molar-refractivity contribution >= 4 is 47.8 Å². The second-order valence-electron chi connectivity index (χ2n) is 3.08. The minimum absolute atomic E-state index is 0.0452. The number of ether oxygens (including phenoxy) is 1. The summed E-state index contributed by atoms with van der Waals surface area (Å²) in [6.07, 6.45) is -0.521. The van der Waals surface area contributed by atoms with E-state index < -0.39 is 6.10 Å². The fourth-order valence-electron chi connectivity index (χ4n) is 1.40. The van der Waals surface area contributed by atoms with E-state index in [4.69, 9.17) is 4.74 Å². The lowest BCUT2D eigenvalue weighted by atomic mass is 10.0. The van der Waals surface area contributed by atoms with Crippen LogP contribution in [0, 0.1) is 0 Å². The van der Waals surface area contributed by atoms with Gasteiger partial charge < -0.3 is 9.84 Å². The molecule has 0 fully saturated rings. The van der Waals surface area contributed by atoms with Gasteiger partial charge in [-0.2, -0.15) is 0 Å². The normalized spacial score (nSPS) is 25.4. The molecule has 2 nitrogen and oxygen atoms in total. The number of halogens is 3. The fourth-order valence-corrected chi connectivity index (χ4v) is 3.19. The molecule has 0 spiro atoms. The van der Waals surface area contributed by atoms with E-state index in [1.54, 1.807) is 0 Å². The van der Waals surface area contributed by atoms with E-state index in [-0.39, 0.29) is 4.83 Å². The monoisotopic (exact) mass is 384 g/mol. The second-order valence-corrected chi connectivity index (χ2v) is 6.02. The van der Waals surface area contributed by atoms with Crippen molar-refractivity contribution < 1.29 is 9.84 Å². The highest BCUT2D eigenvalue weighted by Gasteiger charge is 2.29. The molecule has 76 valence electrons. The smallest absolute Gasteiger partial charge is 0.139 e. The van der Waals surface area contributed by atoms with Gasteiger partial charge >= 0.3 is 0 Å². The molecule has 1 aromatic carbocycles. The van der Waals surface area contributed by atoms with E-state index >= 15 is 0 Å². The van der Waals surface area contributed by atoms with Gasteiger partial charge in [0.2, 0.25) is 0 Å². The maximum atomic E-state index is 9.91. The number of hydrogen-bond donors (Lipinski definition) is 1. The minimum Gasteiger partial charge on any atom is -0.491 e. The van der Waals surface area contributed by atoms with Crippen LogP contribution in [0.15, 0.2) is 21.1 Å². The Kier molecular flexibility index (Phi) is 3.21. The summed E-state index contributed by atoms with van der Waals surface area (Å²) in [4.78, 5) is -0.0452. The lowest BCUT2D eigenvalue weighted by molar-refractivity contribution is 0.124. The van der Waals surface area contributed by atoms with Crippen LogP contribution in [0.4, 0.5) is 0 Å². The van der Waals surface area contributed by atoms with Gasteiger partial charge in [-0.1, -0.05) is 31.9 Å². The van der Waals surface area contributed by atoms with Gasteiger partial charge in [0, 0.05) is 10.0 Å². The number of alkyl halides is 1. The second kappa shape index (κ2) is 4.12. The predicted molar refractivity (Wildman–Crippen MR) is 65.0 cm³/mol. The fraction of sp³-hybridized carbons (Fsp3) is 0.333. The van der Waals surface area contributed by atoms with E-state index in [0.29, 0.717) is 6.61 Å². The van der Waals surface area contributed by atoms with Crippen molar-refractivity contribution in [3.8, 4) is 5.75 Å². The van der Waals surface area contributed by atoms with Gasteiger partial charge in [0.25, 0.3) is 0 Å². The summed E-state index contributed by atoms with van der Waals surface area (Å²) < 4.78 is 7.30. The van der Waals surface area contributed by atoms with Crippen molar-refractivity contribution in [2.75, 3.05) is 6.61 Å². The van der Waals surface area contributed by atoms with Crippen LogP contribution in [0.25, 0.3) is 0 Å². The summed E-state index contributed by atoms with van der Waals surface area (Å²) in [7, 11) is 0. The third-order valence-electron chi connectivity index (χ3n) is 2.09. The molecule has 0 aliphatic carbocycles. The predicted octanol–water partition coefficient (Wildman–Crippen LogP) is 3.40. The first-order valence-electron chi connectivity index (χ1n) is 4.03. The van der Waals surface area contributed by atoms with Crippen molar-refractivity contribution in [3.63, 3.8) is 0 Å². The zero-order valence-electron chi connectivity index (χ0n) is 7.01. The number of fused-ring (bicyclic) bond motifs is 1. The lowest BCUT2D eigenvalue weighted by Gasteiger charge is -2.27. The Bertz CT molecular complexity index is 367. The van der Waals surface area contributed by atoms with Crippen LogP contribution < -0.4 is 4.74 Å². The quantitative estimate of drug-likeness (QED) is 0.692. The van der Waals surface area contributed by atoms with Gasteiger partial charge in [0.1, 0.15) is 12.4 Å². The number of aliphatic hydroxyl groups excluding tert-OH is 1. The number of hydrogen-bond acceptors (Lipinski definition) is 2.